The van der Waals surface area contributed by atoms with Crippen molar-refractivity contribution in [3.63, 3.8) is 0 Å². The number of allylic oxidation sites excluding steroid dienone is 2. The van der Waals surface area contributed by atoms with Crippen LogP contribution in [0.15, 0.2) is 50.7 Å². The van der Waals surface area contributed by atoms with Crippen molar-refractivity contribution < 1.29 is 27.7 Å². The van der Waals surface area contributed by atoms with Gasteiger partial charge in [-0.05, 0) is 43.5 Å². The van der Waals surface area contributed by atoms with E-state index >= 15 is 0 Å². The molecule has 2 heterocycles. The summed E-state index contributed by atoms with van der Waals surface area (Å²) < 4.78 is 31.1. The summed E-state index contributed by atoms with van der Waals surface area (Å²) >= 11 is 7.77. The number of hydrogen-bond donors (Lipinski definition) is 2. The number of carboxylic acid groups (broad SMARTS) is 1. The molecule has 31 heavy (non-hydrogen) atoms. The van der Waals surface area contributed by atoms with E-state index in [1.807, 2.05) is 35.2 Å². The normalized spacial score (nSPS) is 19.4. The molecule has 1 aromatic carbocycles. The molecule has 0 bridgehead atoms. The van der Waals surface area contributed by atoms with Gasteiger partial charge in [-0.1, -0.05) is 47.9 Å². The first kappa shape index (κ1) is 23.8. The van der Waals surface area contributed by atoms with Crippen molar-refractivity contribution in [2.24, 2.45) is 0 Å². The highest BCUT2D eigenvalue weighted by atomic mass is 32.2. The van der Waals surface area contributed by atoms with Crippen molar-refractivity contribution >= 4 is 67.7 Å². The van der Waals surface area contributed by atoms with Gasteiger partial charge < -0.3 is 10.0 Å². The summed E-state index contributed by atoms with van der Waals surface area (Å²) in [4.78, 5) is 28.2. The van der Waals surface area contributed by atoms with Crippen molar-refractivity contribution in [3.05, 3.63) is 45.8 Å². The lowest BCUT2D eigenvalue weighted by Gasteiger charge is -2.20. The van der Waals surface area contributed by atoms with E-state index in [0.29, 0.717) is 29.9 Å². The Morgan fingerprint density at radius 1 is 1.19 bits per heavy atom. The average Bonchev–Trinajstić information content (AvgIpc) is 3.16. The number of thioether (sulfide) groups is 2. The predicted octanol–water partition coefficient (Wildman–Crippen LogP) is 3.33. The van der Waals surface area contributed by atoms with Gasteiger partial charge in [-0.2, -0.15) is 8.42 Å². The van der Waals surface area contributed by atoms with Gasteiger partial charge in [0.15, 0.2) is 0 Å². The Bertz CT molecular complexity index is 1100. The Hall–Kier alpha value is -1.86. The number of anilines is 1. The Morgan fingerprint density at radius 2 is 1.90 bits per heavy atom. The number of benzene rings is 1. The number of hydrogen-bond acceptors (Lipinski definition) is 8. The molecular weight excluding hydrogens is 480 g/mol. The number of para-hydroxylation sites is 1. The standard InChI is InChI=1S/C19H20N2O6S4/c1-12(17-18(24)21(11-16(22)23)19(28)30-17)10-15-20(8-4-5-9-31(25,26)27)13-6-2-3-7-14(13)29-15/h2-3,6-7,10H,4-5,8-9,11H2,1H3,(H,22,23)(H,25,26,27)/b15-10+,17-12-. The number of rotatable bonds is 8. The molecule has 0 radical (unpaired) electrons. The summed E-state index contributed by atoms with van der Waals surface area (Å²) in [5.74, 6) is -1.85. The highest BCUT2D eigenvalue weighted by molar-refractivity contribution is 8.26. The number of aliphatic carboxylic acids is 1. The zero-order valence-corrected chi connectivity index (χ0v) is 19.7. The van der Waals surface area contributed by atoms with Gasteiger partial charge >= 0.3 is 5.97 Å². The maximum Gasteiger partial charge on any atom is 0.323 e. The van der Waals surface area contributed by atoms with E-state index in [0.717, 1.165) is 32.3 Å². The molecule has 3 rings (SSSR count). The van der Waals surface area contributed by atoms with Crippen molar-refractivity contribution in [2.45, 2.75) is 24.7 Å². The first-order chi connectivity index (χ1) is 14.6. The lowest BCUT2D eigenvalue weighted by atomic mass is 10.2. The van der Waals surface area contributed by atoms with Crippen LogP contribution in [0.25, 0.3) is 0 Å². The van der Waals surface area contributed by atoms with Crippen LogP contribution >= 0.6 is 35.7 Å². The summed E-state index contributed by atoms with van der Waals surface area (Å²) in [7, 11) is -3.99. The molecule has 0 unspecified atom stereocenters. The Balaban J connectivity index is 1.83. The number of unbranched alkanes of at least 4 members (excludes halogenated alkanes) is 1. The zero-order valence-electron chi connectivity index (χ0n) is 16.5. The average molecular weight is 501 g/mol. The van der Waals surface area contributed by atoms with E-state index in [9.17, 15) is 18.0 Å². The Kier molecular flexibility index (Phi) is 7.47. The molecule has 166 valence electrons. The Labute approximate surface area is 194 Å². The number of nitrogens with zero attached hydrogens (tertiary/aromatic N) is 2. The topological polar surface area (TPSA) is 115 Å². The first-order valence-electron chi connectivity index (χ1n) is 9.24. The van der Waals surface area contributed by atoms with E-state index in [2.05, 4.69) is 0 Å². The maximum atomic E-state index is 12.6. The number of amides is 1. The maximum absolute atomic E-state index is 12.6. The van der Waals surface area contributed by atoms with Crippen molar-refractivity contribution in [1.29, 1.82) is 0 Å². The highest BCUT2D eigenvalue weighted by Gasteiger charge is 2.35. The molecule has 12 heteroatoms. The Morgan fingerprint density at radius 3 is 2.58 bits per heavy atom. The minimum Gasteiger partial charge on any atom is -0.480 e. The second-order valence-corrected chi connectivity index (χ2v) is 11.1. The number of thiocarbonyl (C=S) groups is 1. The van der Waals surface area contributed by atoms with Gasteiger partial charge in [0.25, 0.3) is 16.0 Å². The van der Waals surface area contributed by atoms with E-state index in [1.54, 1.807) is 6.92 Å². The summed E-state index contributed by atoms with van der Waals surface area (Å²) in [6, 6.07) is 7.79. The van der Waals surface area contributed by atoms with E-state index in [-0.39, 0.29) is 10.1 Å². The lowest BCUT2D eigenvalue weighted by molar-refractivity contribution is -0.140. The molecule has 1 aromatic rings. The molecule has 1 amide bonds. The number of carbonyl (C=O) groups excluding carboxylic acids is 1. The summed E-state index contributed by atoms with van der Waals surface area (Å²) in [6.45, 7) is 1.84. The SMILES string of the molecule is CC(/C=C1/Sc2ccccc2N1CCCCS(=O)(=O)O)=C1/SC(=S)N(CC(=O)O)C1=O. The van der Waals surface area contributed by atoms with E-state index < -0.39 is 28.5 Å². The van der Waals surface area contributed by atoms with Crippen LogP contribution in [0.4, 0.5) is 5.69 Å². The van der Waals surface area contributed by atoms with Crippen LogP contribution in [0.5, 0.6) is 0 Å². The molecule has 0 aromatic heterocycles. The minimum atomic E-state index is -3.99. The van der Waals surface area contributed by atoms with Gasteiger partial charge in [0, 0.05) is 11.4 Å². The minimum absolute atomic E-state index is 0.213. The lowest BCUT2D eigenvalue weighted by Crippen LogP contribution is -2.33. The molecule has 0 spiro atoms. The number of carboxylic acids is 1. The quantitative estimate of drug-likeness (QED) is 0.238. The molecule has 1 fully saturated rings. The summed E-state index contributed by atoms with van der Waals surface area (Å²) in [6.07, 6.45) is 2.73. The third-order valence-electron chi connectivity index (χ3n) is 4.51. The largest absolute Gasteiger partial charge is 0.480 e. The predicted molar refractivity (Wildman–Crippen MR) is 126 cm³/mol. The van der Waals surface area contributed by atoms with Gasteiger partial charge in [0.05, 0.1) is 21.4 Å². The van der Waals surface area contributed by atoms with Crippen molar-refractivity contribution in [2.75, 3.05) is 23.7 Å². The smallest absolute Gasteiger partial charge is 0.323 e. The highest BCUT2D eigenvalue weighted by Crippen LogP contribution is 2.46. The van der Waals surface area contributed by atoms with Crippen LogP contribution in [0, 0.1) is 0 Å². The van der Waals surface area contributed by atoms with Gasteiger partial charge in [-0.3, -0.25) is 19.0 Å². The third-order valence-corrected chi connectivity index (χ3v) is 7.99. The van der Waals surface area contributed by atoms with Gasteiger partial charge in [-0.25, -0.2) is 0 Å². The second kappa shape index (κ2) is 9.74. The first-order valence-corrected chi connectivity index (χ1v) is 12.9. The molecule has 8 nitrogen and oxygen atoms in total. The van der Waals surface area contributed by atoms with E-state index in [4.69, 9.17) is 21.9 Å². The summed E-state index contributed by atoms with van der Waals surface area (Å²) in [5.41, 5.74) is 1.65. The third kappa shape index (κ3) is 5.89. The van der Waals surface area contributed by atoms with Crippen molar-refractivity contribution in [1.82, 2.24) is 4.90 Å². The van der Waals surface area contributed by atoms with Crippen LogP contribution in [0.2, 0.25) is 0 Å². The number of fused-ring (bicyclic) bond motifs is 1. The fourth-order valence-corrected chi connectivity index (χ4v) is 6.11. The van der Waals surface area contributed by atoms with Gasteiger partial charge in [-0.15, -0.1) is 0 Å². The van der Waals surface area contributed by atoms with Crippen LogP contribution in [-0.4, -0.2) is 58.0 Å². The van der Waals surface area contributed by atoms with Gasteiger partial charge in [0.1, 0.15) is 10.9 Å². The van der Waals surface area contributed by atoms with Crippen LogP contribution < -0.4 is 4.90 Å². The van der Waals surface area contributed by atoms with Crippen LogP contribution in [-0.2, 0) is 19.7 Å². The molecular formula is C19H20N2O6S4. The molecule has 0 aliphatic carbocycles. The van der Waals surface area contributed by atoms with Crippen LogP contribution in [0.1, 0.15) is 19.8 Å². The molecule has 2 aliphatic rings. The molecule has 0 atom stereocenters. The zero-order chi connectivity index (χ0) is 22.8. The monoisotopic (exact) mass is 500 g/mol. The molecule has 1 saturated heterocycles. The number of carbonyl (C=O) groups is 2. The fourth-order valence-electron chi connectivity index (χ4n) is 3.11. The summed E-state index contributed by atoms with van der Waals surface area (Å²) in [5, 5.41) is 9.87. The molecule has 0 saturated carbocycles. The van der Waals surface area contributed by atoms with E-state index in [1.165, 1.54) is 11.8 Å². The van der Waals surface area contributed by atoms with Crippen LogP contribution in [0.3, 0.4) is 0 Å². The fraction of sp³-hybridized carbons (Fsp3) is 0.316. The van der Waals surface area contributed by atoms with Gasteiger partial charge in [0.2, 0.25) is 0 Å². The molecule has 2 N–H and O–H groups in total. The molecule has 2 aliphatic heterocycles. The second-order valence-electron chi connectivity index (χ2n) is 6.86. The van der Waals surface area contributed by atoms with Crippen molar-refractivity contribution in [3.8, 4) is 0 Å².